The van der Waals surface area contributed by atoms with E-state index in [1.165, 1.54) is 6.07 Å². The van der Waals surface area contributed by atoms with Crippen LogP contribution in [0.3, 0.4) is 0 Å². The van der Waals surface area contributed by atoms with Gasteiger partial charge in [-0.3, -0.25) is 9.59 Å². The summed E-state index contributed by atoms with van der Waals surface area (Å²) in [7, 11) is 1.85. The number of carbonyl (C=O) groups is 2. The van der Waals surface area contributed by atoms with E-state index < -0.39 is 35.1 Å². The number of hydrogen-bond donors (Lipinski definition) is 3. The monoisotopic (exact) mass is 550 g/mol. The maximum atomic E-state index is 14.5. The van der Waals surface area contributed by atoms with Crippen molar-refractivity contribution in [3.8, 4) is 0 Å². The van der Waals surface area contributed by atoms with E-state index in [0.717, 1.165) is 40.6 Å². The number of carbonyl (C=O) groups excluding carboxylic acids is 2. The number of H-pyrrole nitrogens is 1. The lowest BCUT2D eigenvalue weighted by atomic mass is 9.88. The Hall–Kier alpha value is -3.75. The third kappa shape index (κ3) is 5.27. The summed E-state index contributed by atoms with van der Waals surface area (Å²) in [4.78, 5) is 32.5. The van der Waals surface area contributed by atoms with Gasteiger partial charge in [0.1, 0.15) is 23.2 Å². The van der Waals surface area contributed by atoms with Gasteiger partial charge < -0.3 is 20.5 Å². The molecule has 2 amide bonds. The van der Waals surface area contributed by atoms with E-state index in [2.05, 4.69) is 15.6 Å². The zero-order valence-electron chi connectivity index (χ0n) is 21.6. The Kier molecular flexibility index (Phi) is 7.68. The average molecular weight is 551 g/mol. The molecule has 0 radical (unpaired) electrons. The summed E-state index contributed by atoms with van der Waals surface area (Å²) in [6.07, 6.45) is 2.54. The first-order valence-electron chi connectivity index (χ1n) is 12.8. The van der Waals surface area contributed by atoms with Crippen LogP contribution in [0.5, 0.6) is 0 Å². The van der Waals surface area contributed by atoms with Crippen LogP contribution in [0.2, 0.25) is 5.02 Å². The van der Waals surface area contributed by atoms with Crippen LogP contribution in [-0.2, 0) is 11.2 Å². The molecule has 202 valence electrons. The van der Waals surface area contributed by atoms with E-state index in [9.17, 15) is 18.4 Å². The Morgan fingerprint density at radius 3 is 2.59 bits per heavy atom. The highest BCUT2D eigenvalue weighted by atomic mass is 35.5. The van der Waals surface area contributed by atoms with Gasteiger partial charge in [-0.15, -0.1) is 0 Å². The van der Waals surface area contributed by atoms with Gasteiger partial charge in [0.2, 0.25) is 5.91 Å². The number of amides is 2. The highest BCUT2D eigenvalue weighted by Crippen LogP contribution is 2.35. The van der Waals surface area contributed by atoms with E-state index in [0.29, 0.717) is 23.8 Å². The van der Waals surface area contributed by atoms with Crippen molar-refractivity contribution in [2.75, 3.05) is 25.0 Å². The van der Waals surface area contributed by atoms with E-state index in [1.54, 1.807) is 23.2 Å². The molecule has 0 saturated carbocycles. The number of rotatable bonds is 7. The number of aromatic amines is 1. The quantitative estimate of drug-likeness (QED) is 0.287. The Labute approximate surface area is 230 Å². The van der Waals surface area contributed by atoms with Gasteiger partial charge in [0, 0.05) is 40.3 Å². The fraction of sp³-hybridized carbons (Fsp3) is 0.267. The maximum absolute atomic E-state index is 14.5. The van der Waals surface area contributed by atoms with E-state index >= 15 is 0 Å². The molecule has 3 aromatic carbocycles. The molecule has 2 unspecified atom stereocenters. The molecule has 1 aromatic heterocycles. The van der Waals surface area contributed by atoms with Crippen molar-refractivity contribution in [2.45, 2.75) is 25.3 Å². The molecule has 4 aromatic rings. The Morgan fingerprint density at radius 2 is 1.85 bits per heavy atom. The second-order valence-electron chi connectivity index (χ2n) is 9.98. The molecule has 39 heavy (non-hydrogen) atoms. The molecule has 3 N–H and O–H groups in total. The summed E-state index contributed by atoms with van der Waals surface area (Å²) < 4.78 is 29.1. The van der Waals surface area contributed by atoms with Gasteiger partial charge in [-0.1, -0.05) is 42.8 Å². The van der Waals surface area contributed by atoms with Crippen LogP contribution in [0.1, 0.15) is 34.3 Å². The van der Waals surface area contributed by atoms with Gasteiger partial charge in [-0.25, -0.2) is 8.78 Å². The Morgan fingerprint density at radius 1 is 1.10 bits per heavy atom. The molecule has 2 heterocycles. The number of fused-ring (bicyclic) bond motifs is 2. The minimum atomic E-state index is -1.12. The highest BCUT2D eigenvalue weighted by molar-refractivity contribution is 6.30. The first-order valence-corrected chi connectivity index (χ1v) is 13.2. The van der Waals surface area contributed by atoms with Crippen molar-refractivity contribution >= 4 is 40.0 Å². The summed E-state index contributed by atoms with van der Waals surface area (Å²) in [5.41, 5.74) is 2.59. The number of nitrogens with one attached hydrogen (secondary N) is 3. The maximum Gasteiger partial charge on any atom is 0.257 e. The molecule has 0 spiro atoms. The Balaban J connectivity index is 1.57. The van der Waals surface area contributed by atoms with Crippen molar-refractivity contribution in [1.82, 2.24) is 15.6 Å². The number of para-hydroxylation sites is 1. The van der Waals surface area contributed by atoms with Crippen molar-refractivity contribution in [2.24, 2.45) is 5.92 Å². The predicted molar refractivity (Wildman–Crippen MR) is 149 cm³/mol. The number of nitrogens with zero attached hydrogens (tertiary/aromatic N) is 1. The molecule has 9 heteroatoms. The third-order valence-electron chi connectivity index (χ3n) is 7.39. The number of halogens is 3. The number of benzene rings is 3. The van der Waals surface area contributed by atoms with Crippen molar-refractivity contribution in [3.05, 3.63) is 100 Å². The zero-order valence-corrected chi connectivity index (χ0v) is 22.4. The van der Waals surface area contributed by atoms with Gasteiger partial charge in [-0.05, 0) is 73.5 Å². The molecule has 3 atom stereocenters. The lowest BCUT2D eigenvalue weighted by Crippen LogP contribution is -2.54. The minimum absolute atomic E-state index is 0.105. The second kappa shape index (κ2) is 11.2. The van der Waals surface area contributed by atoms with Gasteiger partial charge in [0.05, 0.1) is 0 Å². The van der Waals surface area contributed by atoms with Crippen LogP contribution in [0.4, 0.5) is 14.5 Å². The first kappa shape index (κ1) is 26.8. The van der Waals surface area contributed by atoms with Crippen molar-refractivity contribution in [1.29, 1.82) is 0 Å². The minimum Gasteiger partial charge on any atom is -0.361 e. The van der Waals surface area contributed by atoms with Crippen molar-refractivity contribution in [3.63, 3.8) is 0 Å². The first-order chi connectivity index (χ1) is 18.8. The van der Waals surface area contributed by atoms with Crippen LogP contribution in [0.25, 0.3) is 10.9 Å². The molecule has 0 aliphatic carbocycles. The molecule has 0 fully saturated rings. The van der Waals surface area contributed by atoms with Crippen LogP contribution >= 0.6 is 11.6 Å². The SMILES string of the molecule is CNC[C@H]1Cc2cc(Cl)ccc2N(C(=O)C(NC(=O)c2c(F)cccc2F)C(C)c2c[nH]c3ccccc23)C1. The lowest BCUT2D eigenvalue weighted by Gasteiger charge is -2.38. The molecule has 1 aliphatic rings. The van der Waals surface area contributed by atoms with Gasteiger partial charge in [-0.2, -0.15) is 0 Å². The summed E-state index contributed by atoms with van der Waals surface area (Å²) >= 11 is 6.28. The summed E-state index contributed by atoms with van der Waals surface area (Å²) in [6.45, 7) is 2.91. The molecular formula is C30H29ClF2N4O2. The Bertz CT molecular complexity index is 1520. The summed E-state index contributed by atoms with van der Waals surface area (Å²) in [5, 5.41) is 7.33. The molecule has 0 saturated heterocycles. The van der Waals surface area contributed by atoms with Gasteiger partial charge >= 0.3 is 0 Å². The standard InChI is InChI=1S/C30H29ClF2N4O2/c1-17(22-15-35-25-9-4-3-6-21(22)25)28(36-29(38)27-23(32)7-5-8-24(27)33)30(39)37-16-18(14-34-2)12-19-13-20(31)10-11-26(19)37/h3-11,13,15,17-18,28,34-35H,12,14,16H2,1-2H3,(H,36,38)/t17?,18-,28?/m1/s1. The zero-order chi connectivity index (χ0) is 27.7. The molecule has 5 rings (SSSR count). The molecule has 6 nitrogen and oxygen atoms in total. The van der Waals surface area contributed by atoms with E-state index in [1.807, 2.05) is 44.3 Å². The summed E-state index contributed by atoms with van der Waals surface area (Å²) in [5.74, 6) is -3.78. The second-order valence-corrected chi connectivity index (χ2v) is 10.4. The van der Waals surface area contributed by atoms with Gasteiger partial charge in [0.25, 0.3) is 5.91 Å². The van der Waals surface area contributed by atoms with E-state index in [4.69, 9.17) is 11.6 Å². The smallest absolute Gasteiger partial charge is 0.257 e. The topological polar surface area (TPSA) is 77.2 Å². The molecule has 1 aliphatic heterocycles. The number of hydrogen-bond acceptors (Lipinski definition) is 3. The predicted octanol–water partition coefficient (Wildman–Crippen LogP) is 5.43. The van der Waals surface area contributed by atoms with Crippen LogP contribution in [0, 0.1) is 17.6 Å². The highest BCUT2D eigenvalue weighted by Gasteiger charge is 2.37. The van der Waals surface area contributed by atoms with Crippen molar-refractivity contribution < 1.29 is 18.4 Å². The van der Waals surface area contributed by atoms with Crippen LogP contribution in [0.15, 0.2) is 66.9 Å². The van der Waals surface area contributed by atoms with Gasteiger partial charge in [0.15, 0.2) is 0 Å². The van der Waals surface area contributed by atoms with Crippen LogP contribution < -0.4 is 15.5 Å². The fourth-order valence-corrected chi connectivity index (χ4v) is 5.69. The number of aromatic nitrogens is 1. The van der Waals surface area contributed by atoms with E-state index in [-0.39, 0.29) is 11.8 Å². The van der Waals surface area contributed by atoms with Crippen LogP contribution in [-0.4, -0.2) is 43.0 Å². The molecule has 0 bridgehead atoms. The fourth-order valence-electron chi connectivity index (χ4n) is 5.49. The summed E-state index contributed by atoms with van der Waals surface area (Å²) in [6, 6.07) is 15.1. The largest absolute Gasteiger partial charge is 0.361 e. The number of anilines is 1. The normalized spacial score (nSPS) is 16.5. The third-order valence-corrected chi connectivity index (χ3v) is 7.63. The average Bonchev–Trinajstić information content (AvgIpc) is 3.35. The lowest BCUT2D eigenvalue weighted by molar-refractivity contribution is -0.121. The molecular weight excluding hydrogens is 522 g/mol.